The van der Waals surface area contributed by atoms with E-state index in [1.165, 1.54) is 19.3 Å². The molecule has 3 heteroatoms. The Morgan fingerprint density at radius 1 is 1.29 bits per heavy atom. The third-order valence-corrected chi connectivity index (χ3v) is 4.11. The van der Waals surface area contributed by atoms with Gasteiger partial charge in [-0.1, -0.05) is 40.0 Å². The molecule has 1 saturated carbocycles. The third kappa shape index (κ3) is 3.70. The topological polar surface area (TPSA) is 46.3 Å². The summed E-state index contributed by atoms with van der Waals surface area (Å²) in [4.78, 5) is 14.6. The molecule has 3 nitrogen and oxygen atoms in total. The van der Waals surface area contributed by atoms with Crippen LogP contribution in [0.1, 0.15) is 59.3 Å². The summed E-state index contributed by atoms with van der Waals surface area (Å²) in [6.07, 6.45) is 7.03. The minimum atomic E-state index is -0.243. The first-order valence-corrected chi connectivity index (χ1v) is 7.04. The van der Waals surface area contributed by atoms with Gasteiger partial charge in [0.2, 0.25) is 5.91 Å². The van der Waals surface area contributed by atoms with Crippen molar-refractivity contribution >= 4 is 5.91 Å². The maximum atomic E-state index is 12.6. The minimum absolute atomic E-state index is 0.243. The van der Waals surface area contributed by atoms with Gasteiger partial charge in [-0.3, -0.25) is 4.79 Å². The molecule has 0 saturated heterocycles. The fourth-order valence-corrected chi connectivity index (χ4v) is 2.52. The molecule has 2 N–H and O–H groups in total. The normalized spacial score (nSPS) is 18.1. The van der Waals surface area contributed by atoms with Crippen molar-refractivity contribution in [2.24, 2.45) is 11.1 Å². The molecule has 1 fully saturated rings. The maximum Gasteiger partial charge on any atom is 0.228 e. The van der Waals surface area contributed by atoms with E-state index in [2.05, 4.69) is 11.8 Å². The van der Waals surface area contributed by atoms with E-state index in [0.29, 0.717) is 19.1 Å². The Balaban J connectivity index is 2.73. The average Bonchev–Trinajstić information content (AvgIpc) is 2.36. The summed E-state index contributed by atoms with van der Waals surface area (Å²) in [5.74, 6) is 0.289. The lowest BCUT2D eigenvalue weighted by atomic mass is 9.86. The molecule has 0 aromatic carbocycles. The highest BCUT2D eigenvalue weighted by Gasteiger charge is 2.33. The first kappa shape index (κ1) is 14.5. The Kier molecular flexibility index (Phi) is 5.44. The van der Waals surface area contributed by atoms with Crippen molar-refractivity contribution in [1.82, 2.24) is 4.90 Å². The Hall–Kier alpha value is -0.570. The first-order chi connectivity index (χ1) is 8.03. The summed E-state index contributed by atoms with van der Waals surface area (Å²) in [6.45, 7) is 7.46. The standard InChI is InChI=1S/C14H28N2O/c1-4-14(2,3)13(17)16(11-10-15)12-8-6-5-7-9-12/h12H,4-11,15H2,1-3H3. The van der Waals surface area contributed by atoms with Gasteiger partial charge in [-0.05, 0) is 19.3 Å². The van der Waals surface area contributed by atoms with Gasteiger partial charge < -0.3 is 10.6 Å². The van der Waals surface area contributed by atoms with Crippen LogP contribution in [0.2, 0.25) is 0 Å². The zero-order valence-corrected chi connectivity index (χ0v) is 11.7. The van der Waals surface area contributed by atoms with E-state index < -0.39 is 0 Å². The average molecular weight is 240 g/mol. The van der Waals surface area contributed by atoms with Gasteiger partial charge in [0.05, 0.1) is 0 Å². The molecular formula is C14H28N2O. The Bertz CT molecular complexity index is 245. The third-order valence-electron chi connectivity index (χ3n) is 4.11. The van der Waals surface area contributed by atoms with Crippen molar-refractivity contribution in [1.29, 1.82) is 0 Å². The molecule has 1 aliphatic rings. The highest BCUT2D eigenvalue weighted by molar-refractivity contribution is 5.82. The zero-order chi connectivity index (χ0) is 12.9. The van der Waals surface area contributed by atoms with Gasteiger partial charge in [-0.25, -0.2) is 0 Å². The lowest BCUT2D eigenvalue weighted by Crippen LogP contribution is -2.49. The molecule has 1 amide bonds. The molecule has 0 aromatic rings. The van der Waals surface area contributed by atoms with Crippen LogP contribution in [0.25, 0.3) is 0 Å². The van der Waals surface area contributed by atoms with Crippen molar-refractivity contribution < 1.29 is 4.79 Å². The van der Waals surface area contributed by atoms with Crippen molar-refractivity contribution in [2.45, 2.75) is 65.3 Å². The molecular weight excluding hydrogens is 212 g/mol. The van der Waals surface area contributed by atoms with Crippen LogP contribution in [-0.2, 0) is 4.79 Å². The van der Waals surface area contributed by atoms with Crippen molar-refractivity contribution in [2.75, 3.05) is 13.1 Å². The fraction of sp³-hybridized carbons (Fsp3) is 0.929. The van der Waals surface area contributed by atoms with Crippen molar-refractivity contribution in [3.05, 3.63) is 0 Å². The van der Waals surface area contributed by atoms with Gasteiger partial charge in [-0.2, -0.15) is 0 Å². The van der Waals surface area contributed by atoms with Crippen LogP contribution in [-0.4, -0.2) is 29.9 Å². The molecule has 0 heterocycles. The maximum absolute atomic E-state index is 12.6. The Morgan fingerprint density at radius 3 is 2.35 bits per heavy atom. The summed E-state index contributed by atoms with van der Waals surface area (Å²) in [5.41, 5.74) is 5.42. The number of hydrogen-bond donors (Lipinski definition) is 1. The van der Waals surface area contributed by atoms with E-state index in [4.69, 9.17) is 5.73 Å². The monoisotopic (exact) mass is 240 g/mol. The second kappa shape index (κ2) is 6.39. The molecule has 100 valence electrons. The number of hydrogen-bond acceptors (Lipinski definition) is 2. The highest BCUT2D eigenvalue weighted by atomic mass is 16.2. The van der Waals surface area contributed by atoms with E-state index in [9.17, 15) is 4.79 Å². The Morgan fingerprint density at radius 2 is 1.88 bits per heavy atom. The molecule has 0 unspecified atom stereocenters. The number of carbonyl (C=O) groups is 1. The van der Waals surface area contributed by atoms with Crippen LogP contribution in [0.5, 0.6) is 0 Å². The highest BCUT2D eigenvalue weighted by Crippen LogP contribution is 2.28. The Labute approximate surface area is 106 Å². The van der Waals surface area contributed by atoms with Crippen LogP contribution < -0.4 is 5.73 Å². The van der Waals surface area contributed by atoms with Crippen LogP contribution in [0, 0.1) is 5.41 Å². The van der Waals surface area contributed by atoms with Gasteiger partial charge in [0.1, 0.15) is 0 Å². The van der Waals surface area contributed by atoms with E-state index >= 15 is 0 Å². The van der Waals surface area contributed by atoms with E-state index in [1.54, 1.807) is 0 Å². The number of rotatable bonds is 5. The summed E-state index contributed by atoms with van der Waals surface area (Å²) in [5, 5.41) is 0. The largest absolute Gasteiger partial charge is 0.338 e. The van der Waals surface area contributed by atoms with E-state index in [-0.39, 0.29) is 11.3 Å². The van der Waals surface area contributed by atoms with Gasteiger partial charge in [0.15, 0.2) is 0 Å². The second-order valence-corrected chi connectivity index (χ2v) is 5.82. The summed E-state index contributed by atoms with van der Waals surface area (Å²) < 4.78 is 0. The quantitative estimate of drug-likeness (QED) is 0.802. The number of nitrogens with two attached hydrogens (primary N) is 1. The number of nitrogens with zero attached hydrogens (tertiary/aromatic N) is 1. The van der Waals surface area contributed by atoms with Crippen molar-refractivity contribution in [3.8, 4) is 0 Å². The number of carbonyl (C=O) groups excluding carboxylic acids is 1. The SMILES string of the molecule is CCC(C)(C)C(=O)N(CCN)C1CCCCC1. The van der Waals surface area contributed by atoms with Gasteiger partial charge in [0, 0.05) is 24.5 Å². The molecule has 1 rings (SSSR count). The summed E-state index contributed by atoms with van der Waals surface area (Å²) in [6, 6.07) is 0.436. The second-order valence-electron chi connectivity index (χ2n) is 5.82. The van der Waals surface area contributed by atoms with Crippen LogP contribution in [0.3, 0.4) is 0 Å². The molecule has 17 heavy (non-hydrogen) atoms. The molecule has 0 aromatic heterocycles. The molecule has 0 bridgehead atoms. The van der Waals surface area contributed by atoms with E-state index in [1.807, 2.05) is 13.8 Å². The molecule has 1 aliphatic carbocycles. The predicted octanol–water partition coefficient (Wildman–Crippen LogP) is 2.54. The fourth-order valence-electron chi connectivity index (χ4n) is 2.52. The first-order valence-electron chi connectivity index (χ1n) is 7.04. The lowest BCUT2D eigenvalue weighted by molar-refractivity contribution is -0.143. The van der Waals surface area contributed by atoms with Gasteiger partial charge >= 0.3 is 0 Å². The van der Waals surface area contributed by atoms with Crippen molar-refractivity contribution in [3.63, 3.8) is 0 Å². The van der Waals surface area contributed by atoms with Crippen LogP contribution >= 0.6 is 0 Å². The molecule has 0 aliphatic heterocycles. The van der Waals surface area contributed by atoms with E-state index in [0.717, 1.165) is 19.3 Å². The zero-order valence-electron chi connectivity index (χ0n) is 11.7. The van der Waals surface area contributed by atoms with Crippen LogP contribution in [0.4, 0.5) is 0 Å². The molecule has 0 radical (unpaired) electrons. The smallest absolute Gasteiger partial charge is 0.228 e. The number of amides is 1. The van der Waals surface area contributed by atoms with Crippen LogP contribution in [0.15, 0.2) is 0 Å². The van der Waals surface area contributed by atoms with Gasteiger partial charge in [-0.15, -0.1) is 0 Å². The van der Waals surface area contributed by atoms with Gasteiger partial charge in [0.25, 0.3) is 0 Å². The summed E-state index contributed by atoms with van der Waals surface area (Å²) >= 11 is 0. The predicted molar refractivity (Wildman–Crippen MR) is 71.7 cm³/mol. The molecule has 0 spiro atoms. The minimum Gasteiger partial charge on any atom is -0.338 e. The lowest BCUT2D eigenvalue weighted by Gasteiger charge is -2.38. The summed E-state index contributed by atoms with van der Waals surface area (Å²) in [7, 11) is 0. The molecule has 0 atom stereocenters.